The topological polar surface area (TPSA) is 40.5 Å². The van der Waals surface area contributed by atoms with E-state index >= 15 is 0 Å². The first-order valence-electron chi connectivity index (χ1n) is 13.6. The first-order chi connectivity index (χ1) is 19.6. The van der Waals surface area contributed by atoms with Gasteiger partial charge in [0.25, 0.3) is 0 Å². The second-order valence-electron chi connectivity index (χ2n) is 10.8. The molecule has 1 aliphatic carbocycles. The number of hydrogen-bond acceptors (Lipinski definition) is 2. The Morgan fingerprint density at radius 2 is 0.625 bits per heavy atom. The van der Waals surface area contributed by atoms with Crippen LogP contribution in [0.2, 0.25) is 0 Å². The zero-order chi connectivity index (χ0) is 26.9. The third-order valence-electron chi connectivity index (χ3n) is 8.73. The molecular weight excluding hydrogens is 488 g/mol. The van der Waals surface area contributed by atoms with Crippen LogP contribution >= 0.6 is 0 Å². The molecule has 2 N–H and O–H groups in total. The highest BCUT2D eigenvalue weighted by Crippen LogP contribution is 2.55. The molecule has 2 heteroatoms. The van der Waals surface area contributed by atoms with Crippen molar-refractivity contribution in [2.45, 2.75) is 11.2 Å². The first kappa shape index (κ1) is 23.2. The van der Waals surface area contributed by atoms with Gasteiger partial charge in [-0.15, -0.1) is 0 Å². The third kappa shape index (κ3) is 3.00. The van der Waals surface area contributed by atoms with Crippen molar-refractivity contribution < 1.29 is 10.2 Å². The smallest absolute Gasteiger partial charge is 0.141 e. The van der Waals surface area contributed by atoms with Crippen LogP contribution in [0.1, 0.15) is 33.4 Å². The monoisotopic (exact) mass is 514 g/mol. The zero-order valence-electron chi connectivity index (χ0n) is 21.8. The number of benzene rings is 7. The molecule has 2 nitrogen and oxygen atoms in total. The summed E-state index contributed by atoms with van der Waals surface area (Å²) in [6.07, 6.45) is 0. The Labute approximate surface area is 232 Å². The fourth-order valence-corrected chi connectivity index (χ4v) is 6.91. The third-order valence-corrected chi connectivity index (χ3v) is 8.73. The predicted octanol–water partition coefficient (Wildman–Crippen LogP) is 8.03. The maximum Gasteiger partial charge on any atom is 0.141 e. The normalized spacial score (nSPS) is 19.9. The summed E-state index contributed by atoms with van der Waals surface area (Å²) < 4.78 is 0. The van der Waals surface area contributed by atoms with Crippen molar-refractivity contribution in [3.63, 3.8) is 0 Å². The van der Waals surface area contributed by atoms with Gasteiger partial charge in [0.2, 0.25) is 0 Å². The van der Waals surface area contributed by atoms with Gasteiger partial charge >= 0.3 is 0 Å². The fourth-order valence-electron chi connectivity index (χ4n) is 6.91. The minimum atomic E-state index is -1.49. The quantitative estimate of drug-likeness (QED) is 0.245. The van der Waals surface area contributed by atoms with Crippen molar-refractivity contribution in [1.29, 1.82) is 0 Å². The molecule has 7 aromatic rings. The Balaban J connectivity index is 1.57. The standard InChI is InChI=1S/C38H26O2/c39-37(31-21-9-15-25-11-3-5-17-29(25)31)33-19-7-8-20-34(33)38(40,32-22-10-16-26-12-4-6-18-30(26)32)36-24-28-14-2-1-13-27(28)23-35(36)37/h1-24,39-40H. The highest BCUT2D eigenvalue weighted by Gasteiger charge is 2.51. The molecule has 0 spiro atoms. The zero-order valence-corrected chi connectivity index (χ0v) is 21.8. The average molecular weight is 515 g/mol. The molecule has 0 fully saturated rings. The summed E-state index contributed by atoms with van der Waals surface area (Å²) in [5.74, 6) is 0. The predicted molar refractivity (Wildman–Crippen MR) is 162 cm³/mol. The van der Waals surface area contributed by atoms with Gasteiger partial charge < -0.3 is 10.2 Å². The lowest BCUT2D eigenvalue weighted by molar-refractivity contribution is 0.0766. The minimum Gasteiger partial charge on any atom is -0.376 e. The van der Waals surface area contributed by atoms with Crippen molar-refractivity contribution in [1.82, 2.24) is 0 Å². The van der Waals surface area contributed by atoms with Crippen LogP contribution in [0.25, 0.3) is 32.3 Å². The summed E-state index contributed by atoms with van der Waals surface area (Å²) in [6.45, 7) is 0. The van der Waals surface area contributed by atoms with Gasteiger partial charge in [0.1, 0.15) is 11.2 Å². The number of aliphatic hydroxyl groups is 2. The molecule has 0 heterocycles. The lowest BCUT2D eigenvalue weighted by Crippen LogP contribution is -2.44. The van der Waals surface area contributed by atoms with Gasteiger partial charge in [-0.05, 0) is 55.6 Å². The lowest BCUT2D eigenvalue weighted by Gasteiger charge is -2.46. The van der Waals surface area contributed by atoms with Crippen molar-refractivity contribution in [2.24, 2.45) is 0 Å². The Hall–Kier alpha value is -4.76. The van der Waals surface area contributed by atoms with Crippen LogP contribution in [-0.4, -0.2) is 10.2 Å². The molecule has 2 atom stereocenters. The summed E-state index contributed by atoms with van der Waals surface area (Å²) in [5.41, 5.74) is 1.37. The largest absolute Gasteiger partial charge is 0.376 e. The van der Waals surface area contributed by atoms with Crippen molar-refractivity contribution in [2.75, 3.05) is 0 Å². The van der Waals surface area contributed by atoms with Crippen LogP contribution in [0.4, 0.5) is 0 Å². The molecule has 190 valence electrons. The molecule has 0 amide bonds. The van der Waals surface area contributed by atoms with Crippen LogP contribution in [0, 0.1) is 0 Å². The summed E-state index contributed by atoms with van der Waals surface area (Å²) >= 11 is 0. The Morgan fingerprint density at radius 3 is 1.07 bits per heavy atom. The van der Waals surface area contributed by atoms with Crippen LogP contribution < -0.4 is 0 Å². The second-order valence-corrected chi connectivity index (χ2v) is 10.8. The molecule has 0 aliphatic heterocycles. The maximum absolute atomic E-state index is 13.2. The van der Waals surface area contributed by atoms with E-state index in [0.717, 1.165) is 43.4 Å². The first-order valence-corrected chi connectivity index (χ1v) is 13.6. The molecular formula is C38H26O2. The Kier molecular flexibility index (Phi) is 4.84. The van der Waals surface area contributed by atoms with E-state index in [0.29, 0.717) is 22.3 Å². The molecule has 40 heavy (non-hydrogen) atoms. The fraction of sp³-hybridized carbons (Fsp3) is 0.0526. The van der Waals surface area contributed by atoms with Crippen LogP contribution in [0.3, 0.4) is 0 Å². The molecule has 2 unspecified atom stereocenters. The number of hydrogen-bond donors (Lipinski definition) is 2. The summed E-state index contributed by atoms with van der Waals surface area (Å²) in [5, 5.41) is 32.5. The van der Waals surface area contributed by atoms with E-state index in [9.17, 15) is 10.2 Å². The molecule has 0 saturated carbocycles. The van der Waals surface area contributed by atoms with Gasteiger partial charge in [-0.3, -0.25) is 0 Å². The molecule has 1 aliphatic rings. The van der Waals surface area contributed by atoms with E-state index in [4.69, 9.17) is 0 Å². The van der Waals surface area contributed by atoms with Gasteiger partial charge in [0.15, 0.2) is 0 Å². The van der Waals surface area contributed by atoms with E-state index in [1.807, 2.05) is 84.9 Å². The van der Waals surface area contributed by atoms with Crippen molar-refractivity contribution in [3.8, 4) is 0 Å². The maximum atomic E-state index is 13.2. The number of rotatable bonds is 2. The molecule has 0 aromatic heterocycles. The van der Waals surface area contributed by atoms with Gasteiger partial charge in [-0.1, -0.05) is 133 Å². The van der Waals surface area contributed by atoms with E-state index in [1.54, 1.807) is 0 Å². The highest BCUT2D eigenvalue weighted by molar-refractivity contribution is 5.93. The second kappa shape index (κ2) is 8.37. The van der Waals surface area contributed by atoms with E-state index in [-0.39, 0.29) is 0 Å². The molecule has 0 radical (unpaired) electrons. The van der Waals surface area contributed by atoms with Crippen LogP contribution in [-0.2, 0) is 11.2 Å². The molecule has 8 rings (SSSR count). The lowest BCUT2D eigenvalue weighted by atomic mass is 9.62. The van der Waals surface area contributed by atoms with E-state index in [1.165, 1.54) is 0 Å². The van der Waals surface area contributed by atoms with E-state index in [2.05, 4.69) is 60.7 Å². The average Bonchev–Trinajstić information content (AvgIpc) is 3.02. The summed E-state index contributed by atoms with van der Waals surface area (Å²) in [4.78, 5) is 0. The summed E-state index contributed by atoms with van der Waals surface area (Å²) in [7, 11) is 0. The Bertz CT molecular complexity index is 1950. The van der Waals surface area contributed by atoms with Crippen LogP contribution in [0.5, 0.6) is 0 Å². The van der Waals surface area contributed by atoms with E-state index < -0.39 is 11.2 Å². The van der Waals surface area contributed by atoms with Gasteiger partial charge in [-0.25, -0.2) is 0 Å². The van der Waals surface area contributed by atoms with Crippen molar-refractivity contribution in [3.05, 3.63) is 179 Å². The highest BCUT2D eigenvalue weighted by atomic mass is 16.3. The van der Waals surface area contributed by atoms with Crippen LogP contribution in [0.15, 0.2) is 146 Å². The minimum absolute atomic E-state index is 0.685. The van der Waals surface area contributed by atoms with Gasteiger partial charge in [0, 0.05) is 22.3 Å². The molecule has 7 aromatic carbocycles. The van der Waals surface area contributed by atoms with Gasteiger partial charge in [-0.2, -0.15) is 0 Å². The number of fused-ring (bicyclic) bond motifs is 5. The Morgan fingerprint density at radius 1 is 0.300 bits per heavy atom. The molecule has 0 bridgehead atoms. The van der Waals surface area contributed by atoms with Gasteiger partial charge in [0.05, 0.1) is 0 Å². The molecule has 0 saturated heterocycles. The van der Waals surface area contributed by atoms with Crippen molar-refractivity contribution >= 4 is 32.3 Å². The summed E-state index contributed by atoms with van der Waals surface area (Å²) in [6, 6.07) is 48.6. The SMILES string of the molecule is OC1(c2cccc3ccccc23)c2ccccc2C(O)(c2cccc3ccccc23)c2cc3ccccc3cc21.